The van der Waals surface area contributed by atoms with E-state index in [1.165, 1.54) is 5.56 Å². The lowest BCUT2D eigenvalue weighted by molar-refractivity contribution is 0.609. The minimum Gasteiger partial charge on any atom is -0.360 e. The van der Waals surface area contributed by atoms with E-state index in [1.54, 1.807) is 0 Å². The molecule has 2 N–H and O–H groups in total. The fourth-order valence-electron chi connectivity index (χ4n) is 2.55. The second-order valence-corrected chi connectivity index (χ2v) is 6.78. The van der Waals surface area contributed by atoms with E-state index in [9.17, 15) is 0 Å². The van der Waals surface area contributed by atoms with Gasteiger partial charge in [0.05, 0.1) is 10.7 Å². The molecule has 0 aliphatic heterocycles. The van der Waals surface area contributed by atoms with Crippen LogP contribution in [-0.4, -0.2) is 11.2 Å². The van der Waals surface area contributed by atoms with Gasteiger partial charge in [-0.25, -0.2) is 0 Å². The van der Waals surface area contributed by atoms with E-state index >= 15 is 0 Å². The van der Waals surface area contributed by atoms with Crippen LogP contribution in [0.1, 0.15) is 30.0 Å². The molecule has 0 aliphatic rings. The molecule has 0 saturated carbocycles. The standard InChI is InChI=1S/C19H23ClN2S/c1-13-11-14(2)18(17(20)12-13)22-19(23)21-15(3)9-10-16-7-5-4-6-8-16/h4-8,11-12,15H,9-10H2,1-3H3,(H2,21,22,23). The van der Waals surface area contributed by atoms with Crippen LogP contribution in [0.4, 0.5) is 5.69 Å². The van der Waals surface area contributed by atoms with Crippen LogP contribution in [0.15, 0.2) is 42.5 Å². The van der Waals surface area contributed by atoms with E-state index in [2.05, 4.69) is 47.9 Å². The molecular formula is C19H23ClN2S. The Bertz CT molecular complexity index is 647. The predicted molar refractivity (Wildman–Crippen MR) is 105 cm³/mol. The minimum absolute atomic E-state index is 0.291. The van der Waals surface area contributed by atoms with Crippen molar-refractivity contribution >= 4 is 34.6 Å². The summed E-state index contributed by atoms with van der Waals surface area (Å²) in [6.45, 7) is 6.20. The molecule has 23 heavy (non-hydrogen) atoms. The smallest absolute Gasteiger partial charge is 0.171 e. The van der Waals surface area contributed by atoms with Gasteiger partial charge < -0.3 is 10.6 Å². The van der Waals surface area contributed by atoms with Crippen molar-refractivity contribution in [1.29, 1.82) is 0 Å². The van der Waals surface area contributed by atoms with Gasteiger partial charge in [-0.15, -0.1) is 0 Å². The van der Waals surface area contributed by atoms with Crippen LogP contribution in [0.5, 0.6) is 0 Å². The Hall–Kier alpha value is -1.58. The average molecular weight is 347 g/mol. The minimum atomic E-state index is 0.291. The van der Waals surface area contributed by atoms with E-state index in [1.807, 2.05) is 26.0 Å². The predicted octanol–water partition coefficient (Wildman–Crippen LogP) is 5.26. The Kier molecular flexibility index (Phi) is 6.43. The summed E-state index contributed by atoms with van der Waals surface area (Å²) in [6, 6.07) is 14.8. The Balaban J connectivity index is 1.87. The number of nitrogens with one attached hydrogen (secondary N) is 2. The largest absolute Gasteiger partial charge is 0.360 e. The first kappa shape index (κ1) is 17.8. The second-order valence-electron chi connectivity index (χ2n) is 5.96. The van der Waals surface area contributed by atoms with Crippen molar-refractivity contribution in [3.63, 3.8) is 0 Å². The molecule has 0 saturated heterocycles. The van der Waals surface area contributed by atoms with Gasteiger partial charge >= 0.3 is 0 Å². The molecule has 1 atom stereocenters. The van der Waals surface area contributed by atoms with Crippen LogP contribution in [0.3, 0.4) is 0 Å². The summed E-state index contributed by atoms with van der Waals surface area (Å²) < 4.78 is 0. The van der Waals surface area contributed by atoms with Crippen LogP contribution < -0.4 is 10.6 Å². The summed E-state index contributed by atoms with van der Waals surface area (Å²) in [5.41, 5.74) is 4.46. The van der Waals surface area contributed by atoms with Crippen LogP contribution in [0, 0.1) is 13.8 Å². The van der Waals surface area contributed by atoms with Crippen LogP contribution in [-0.2, 0) is 6.42 Å². The highest BCUT2D eigenvalue weighted by Crippen LogP contribution is 2.27. The van der Waals surface area contributed by atoms with Crippen molar-refractivity contribution in [3.8, 4) is 0 Å². The maximum Gasteiger partial charge on any atom is 0.171 e. The van der Waals surface area contributed by atoms with Crippen molar-refractivity contribution < 1.29 is 0 Å². The highest BCUT2D eigenvalue weighted by Gasteiger charge is 2.09. The van der Waals surface area contributed by atoms with Gasteiger partial charge in [0, 0.05) is 6.04 Å². The molecule has 0 aromatic heterocycles. The molecule has 0 amide bonds. The van der Waals surface area contributed by atoms with Gasteiger partial charge in [0.1, 0.15) is 0 Å². The van der Waals surface area contributed by atoms with E-state index in [-0.39, 0.29) is 0 Å². The normalized spacial score (nSPS) is 11.8. The zero-order chi connectivity index (χ0) is 16.8. The quantitative estimate of drug-likeness (QED) is 0.721. The lowest BCUT2D eigenvalue weighted by atomic mass is 10.1. The number of benzene rings is 2. The monoisotopic (exact) mass is 346 g/mol. The van der Waals surface area contributed by atoms with Crippen LogP contribution >= 0.6 is 23.8 Å². The summed E-state index contributed by atoms with van der Waals surface area (Å²) in [5, 5.41) is 7.86. The molecule has 2 aromatic carbocycles. The zero-order valence-electron chi connectivity index (χ0n) is 13.8. The SMILES string of the molecule is Cc1cc(C)c(NC(=S)NC(C)CCc2ccccc2)c(Cl)c1. The summed E-state index contributed by atoms with van der Waals surface area (Å²) >= 11 is 11.7. The molecule has 0 radical (unpaired) electrons. The number of thiocarbonyl (C=S) groups is 1. The van der Waals surface area contributed by atoms with Crippen molar-refractivity contribution in [2.45, 2.75) is 39.7 Å². The summed E-state index contributed by atoms with van der Waals surface area (Å²) in [7, 11) is 0. The molecule has 0 spiro atoms. The molecule has 0 aliphatic carbocycles. The van der Waals surface area contributed by atoms with Gasteiger partial charge in [-0.05, 0) is 68.6 Å². The summed E-state index contributed by atoms with van der Waals surface area (Å²) in [4.78, 5) is 0. The van der Waals surface area contributed by atoms with E-state index in [0.29, 0.717) is 16.2 Å². The first-order chi connectivity index (χ1) is 11.0. The Morgan fingerprint density at radius 2 is 1.87 bits per heavy atom. The number of hydrogen-bond donors (Lipinski definition) is 2. The van der Waals surface area contributed by atoms with Crippen molar-refractivity contribution in [2.75, 3.05) is 5.32 Å². The number of anilines is 1. The number of hydrogen-bond acceptors (Lipinski definition) is 1. The molecule has 0 bridgehead atoms. The lowest BCUT2D eigenvalue weighted by Crippen LogP contribution is -2.36. The van der Waals surface area contributed by atoms with Gasteiger partial charge in [-0.3, -0.25) is 0 Å². The Morgan fingerprint density at radius 3 is 2.52 bits per heavy atom. The first-order valence-electron chi connectivity index (χ1n) is 7.84. The Morgan fingerprint density at radius 1 is 1.17 bits per heavy atom. The molecule has 4 heteroatoms. The molecule has 0 fully saturated rings. The molecule has 0 heterocycles. The second kappa shape index (κ2) is 8.32. The molecule has 1 unspecified atom stereocenters. The zero-order valence-corrected chi connectivity index (χ0v) is 15.4. The van der Waals surface area contributed by atoms with E-state index in [4.69, 9.17) is 23.8 Å². The third kappa shape index (κ3) is 5.52. The van der Waals surface area contributed by atoms with Crippen molar-refractivity contribution in [3.05, 3.63) is 64.2 Å². The van der Waals surface area contributed by atoms with Gasteiger partial charge in [0.15, 0.2) is 5.11 Å². The third-order valence-corrected chi connectivity index (χ3v) is 4.27. The molecule has 122 valence electrons. The highest BCUT2D eigenvalue weighted by molar-refractivity contribution is 7.80. The molecule has 2 nitrogen and oxygen atoms in total. The van der Waals surface area contributed by atoms with Crippen molar-refractivity contribution in [2.24, 2.45) is 0 Å². The maximum atomic E-state index is 6.31. The number of rotatable bonds is 5. The molecule has 2 rings (SSSR count). The molecular weight excluding hydrogens is 324 g/mol. The number of halogens is 1. The molecule has 2 aromatic rings. The lowest BCUT2D eigenvalue weighted by Gasteiger charge is -2.19. The highest BCUT2D eigenvalue weighted by atomic mass is 35.5. The first-order valence-corrected chi connectivity index (χ1v) is 8.62. The van der Waals surface area contributed by atoms with E-state index in [0.717, 1.165) is 29.7 Å². The third-order valence-electron chi connectivity index (χ3n) is 3.76. The Labute approximate surface area is 149 Å². The van der Waals surface area contributed by atoms with Gasteiger partial charge in [0.2, 0.25) is 0 Å². The van der Waals surface area contributed by atoms with Gasteiger partial charge in [-0.2, -0.15) is 0 Å². The number of aryl methyl sites for hydroxylation is 3. The maximum absolute atomic E-state index is 6.31. The van der Waals surface area contributed by atoms with Crippen molar-refractivity contribution in [1.82, 2.24) is 5.32 Å². The topological polar surface area (TPSA) is 24.1 Å². The average Bonchev–Trinajstić information content (AvgIpc) is 2.50. The summed E-state index contributed by atoms with van der Waals surface area (Å²) in [6.07, 6.45) is 2.05. The van der Waals surface area contributed by atoms with Gasteiger partial charge in [0.25, 0.3) is 0 Å². The van der Waals surface area contributed by atoms with Gasteiger partial charge in [-0.1, -0.05) is 48.0 Å². The fraction of sp³-hybridized carbons (Fsp3) is 0.316. The fourth-order valence-corrected chi connectivity index (χ4v) is 3.22. The van der Waals surface area contributed by atoms with Crippen LogP contribution in [0.2, 0.25) is 5.02 Å². The van der Waals surface area contributed by atoms with E-state index < -0.39 is 0 Å². The summed E-state index contributed by atoms with van der Waals surface area (Å²) in [5.74, 6) is 0. The van der Waals surface area contributed by atoms with Crippen LogP contribution in [0.25, 0.3) is 0 Å².